The Morgan fingerprint density at radius 1 is 1.44 bits per heavy atom. The summed E-state index contributed by atoms with van der Waals surface area (Å²) in [6.07, 6.45) is 4.98. The summed E-state index contributed by atoms with van der Waals surface area (Å²) in [5.74, 6) is -0.0559. The Balaban J connectivity index is 2.15. The molecule has 1 aliphatic heterocycles. The summed E-state index contributed by atoms with van der Waals surface area (Å²) in [7, 11) is -2.98. The predicted octanol–water partition coefficient (Wildman–Crippen LogP) is -0.321. The minimum Gasteiger partial charge on any atom is -0.355 e. The van der Waals surface area contributed by atoms with Crippen LogP contribution in [-0.4, -0.2) is 45.5 Å². The Bertz CT molecular complexity index is 321. The molecule has 0 aromatic heterocycles. The van der Waals surface area contributed by atoms with E-state index < -0.39 is 9.84 Å². The zero-order valence-electron chi connectivity index (χ0n) is 9.66. The lowest BCUT2D eigenvalue weighted by atomic mass is 10.0. The zero-order valence-corrected chi connectivity index (χ0v) is 10.5. The summed E-state index contributed by atoms with van der Waals surface area (Å²) in [4.78, 5) is 11.5. The number of carbonyl (C=O) groups is 1. The Morgan fingerprint density at radius 2 is 2.19 bits per heavy atom. The Hall–Kier alpha value is -0.620. The van der Waals surface area contributed by atoms with Crippen molar-refractivity contribution < 1.29 is 13.2 Å². The average Bonchev–Trinajstić information content (AvgIpc) is 2.17. The van der Waals surface area contributed by atoms with Crippen molar-refractivity contribution in [3.63, 3.8) is 0 Å². The molecule has 0 spiro atoms. The molecule has 0 aliphatic carbocycles. The third-order valence-corrected chi connectivity index (χ3v) is 3.58. The second-order valence-electron chi connectivity index (χ2n) is 4.33. The van der Waals surface area contributed by atoms with Crippen molar-refractivity contribution in [2.24, 2.45) is 0 Å². The summed E-state index contributed by atoms with van der Waals surface area (Å²) < 4.78 is 21.7. The Kier molecular flexibility index (Phi) is 5.21. The fourth-order valence-corrected chi connectivity index (χ4v) is 2.24. The van der Waals surface area contributed by atoms with Gasteiger partial charge in [0, 0.05) is 25.3 Å². The van der Waals surface area contributed by atoms with Crippen molar-refractivity contribution in [1.82, 2.24) is 10.6 Å². The van der Waals surface area contributed by atoms with E-state index in [9.17, 15) is 13.2 Å². The smallest absolute Gasteiger partial charge is 0.221 e. The van der Waals surface area contributed by atoms with Crippen LogP contribution in [0.1, 0.15) is 25.7 Å². The molecule has 1 amide bonds. The van der Waals surface area contributed by atoms with E-state index in [1.165, 1.54) is 12.7 Å². The van der Waals surface area contributed by atoms with Gasteiger partial charge in [0.25, 0.3) is 0 Å². The molecule has 0 aromatic rings. The summed E-state index contributed by atoms with van der Waals surface area (Å²) >= 11 is 0. The molecule has 94 valence electrons. The highest BCUT2D eigenvalue weighted by molar-refractivity contribution is 7.90. The molecule has 1 saturated heterocycles. The highest BCUT2D eigenvalue weighted by Crippen LogP contribution is 2.09. The van der Waals surface area contributed by atoms with Crippen LogP contribution in [0.25, 0.3) is 0 Å². The third-order valence-electron chi connectivity index (χ3n) is 2.64. The molecule has 1 aliphatic rings. The third kappa shape index (κ3) is 6.07. The van der Waals surface area contributed by atoms with Gasteiger partial charge in [-0.15, -0.1) is 0 Å². The maximum atomic E-state index is 11.5. The van der Waals surface area contributed by atoms with Crippen LogP contribution in [0, 0.1) is 0 Å². The largest absolute Gasteiger partial charge is 0.355 e. The number of sulfone groups is 1. The van der Waals surface area contributed by atoms with Crippen LogP contribution >= 0.6 is 0 Å². The molecule has 1 unspecified atom stereocenters. The molecule has 1 rings (SSSR count). The van der Waals surface area contributed by atoms with Gasteiger partial charge in [0.2, 0.25) is 5.91 Å². The van der Waals surface area contributed by atoms with E-state index in [0.29, 0.717) is 6.42 Å². The molecule has 0 saturated carbocycles. The van der Waals surface area contributed by atoms with Crippen LogP contribution in [0.5, 0.6) is 0 Å². The van der Waals surface area contributed by atoms with Crippen LogP contribution in [0.15, 0.2) is 0 Å². The second-order valence-corrected chi connectivity index (χ2v) is 6.59. The average molecular weight is 248 g/mol. The van der Waals surface area contributed by atoms with Crippen molar-refractivity contribution >= 4 is 15.7 Å². The van der Waals surface area contributed by atoms with Crippen LogP contribution in [-0.2, 0) is 14.6 Å². The molecule has 16 heavy (non-hydrogen) atoms. The van der Waals surface area contributed by atoms with Crippen molar-refractivity contribution in [3.05, 3.63) is 0 Å². The Morgan fingerprint density at radius 3 is 2.75 bits per heavy atom. The first-order valence-corrected chi connectivity index (χ1v) is 7.71. The van der Waals surface area contributed by atoms with Crippen molar-refractivity contribution in [3.8, 4) is 0 Å². The number of piperidine rings is 1. The van der Waals surface area contributed by atoms with Crippen molar-refractivity contribution in [1.29, 1.82) is 0 Å². The van der Waals surface area contributed by atoms with Gasteiger partial charge in [-0.25, -0.2) is 8.42 Å². The van der Waals surface area contributed by atoms with E-state index >= 15 is 0 Å². The lowest BCUT2D eigenvalue weighted by Crippen LogP contribution is -2.39. The van der Waals surface area contributed by atoms with Gasteiger partial charge in [-0.3, -0.25) is 4.79 Å². The van der Waals surface area contributed by atoms with Gasteiger partial charge >= 0.3 is 0 Å². The maximum absolute atomic E-state index is 11.5. The minimum absolute atomic E-state index is 0.0107. The number of hydrogen-bond donors (Lipinski definition) is 2. The van der Waals surface area contributed by atoms with Crippen LogP contribution in [0.4, 0.5) is 0 Å². The molecule has 1 atom stereocenters. The van der Waals surface area contributed by atoms with Crippen molar-refractivity contribution in [2.45, 2.75) is 31.7 Å². The number of hydrogen-bond acceptors (Lipinski definition) is 4. The van der Waals surface area contributed by atoms with E-state index in [1.807, 2.05) is 0 Å². The summed E-state index contributed by atoms with van der Waals surface area (Å²) in [5.41, 5.74) is 0. The van der Waals surface area contributed by atoms with Crippen LogP contribution in [0.3, 0.4) is 0 Å². The highest BCUT2D eigenvalue weighted by Gasteiger charge is 2.16. The lowest BCUT2D eigenvalue weighted by Gasteiger charge is -2.22. The number of amides is 1. The van der Waals surface area contributed by atoms with Crippen LogP contribution in [0.2, 0.25) is 0 Å². The molecule has 2 N–H and O–H groups in total. The van der Waals surface area contributed by atoms with Gasteiger partial charge in [0.15, 0.2) is 0 Å². The minimum atomic E-state index is -2.98. The maximum Gasteiger partial charge on any atom is 0.221 e. The second kappa shape index (κ2) is 6.20. The molecular formula is C10H20N2O3S. The van der Waals surface area contributed by atoms with Gasteiger partial charge in [-0.1, -0.05) is 6.42 Å². The first kappa shape index (κ1) is 13.4. The van der Waals surface area contributed by atoms with E-state index in [4.69, 9.17) is 0 Å². The molecule has 1 fully saturated rings. The first-order valence-electron chi connectivity index (χ1n) is 5.65. The quantitative estimate of drug-likeness (QED) is 0.699. The van der Waals surface area contributed by atoms with Crippen molar-refractivity contribution in [2.75, 3.05) is 25.1 Å². The molecule has 0 aromatic carbocycles. The number of carbonyl (C=O) groups excluding carboxylic acids is 1. The van der Waals surface area contributed by atoms with Gasteiger partial charge in [-0.2, -0.15) is 0 Å². The number of nitrogens with one attached hydrogen (secondary N) is 2. The Labute approximate surface area is 96.9 Å². The molecule has 0 radical (unpaired) electrons. The van der Waals surface area contributed by atoms with E-state index in [1.54, 1.807) is 0 Å². The lowest BCUT2D eigenvalue weighted by molar-refractivity contribution is -0.121. The van der Waals surface area contributed by atoms with E-state index in [0.717, 1.165) is 19.4 Å². The molecule has 1 heterocycles. The first-order chi connectivity index (χ1) is 7.47. The summed E-state index contributed by atoms with van der Waals surface area (Å²) in [6.45, 7) is 1.19. The standard InChI is InChI=1S/C10H20N2O3S/c1-16(14,15)7-6-12-10(13)8-9-4-2-3-5-11-9/h9,11H,2-8H2,1H3,(H,12,13). The summed E-state index contributed by atoms with van der Waals surface area (Å²) in [5, 5.41) is 5.91. The normalized spacial score (nSPS) is 21.7. The SMILES string of the molecule is CS(=O)(=O)CCNC(=O)CC1CCCCN1. The van der Waals surface area contributed by atoms with E-state index in [2.05, 4.69) is 10.6 Å². The molecule has 6 heteroatoms. The molecule has 5 nitrogen and oxygen atoms in total. The summed E-state index contributed by atoms with van der Waals surface area (Å²) in [6, 6.07) is 0.256. The van der Waals surface area contributed by atoms with E-state index in [-0.39, 0.29) is 24.2 Å². The molecule has 0 bridgehead atoms. The fraction of sp³-hybridized carbons (Fsp3) is 0.900. The number of rotatable bonds is 5. The van der Waals surface area contributed by atoms with Gasteiger partial charge in [0.05, 0.1) is 5.75 Å². The van der Waals surface area contributed by atoms with Gasteiger partial charge < -0.3 is 10.6 Å². The topological polar surface area (TPSA) is 75.3 Å². The highest BCUT2D eigenvalue weighted by atomic mass is 32.2. The zero-order chi connectivity index (χ0) is 12.0. The van der Waals surface area contributed by atoms with Gasteiger partial charge in [0.1, 0.15) is 9.84 Å². The predicted molar refractivity (Wildman–Crippen MR) is 63.0 cm³/mol. The molecular weight excluding hydrogens is 228 g/mol. The monoisotopic (exact) mass is 248 g/mol. The van der Waals surface area contributed by atoms with Gasteiger partial charge in [-0.05, 0) is 19.4 Å². The fourth-order valence-electron chi connectivity index (χ4n) is 1.77. The van der Waals surface area contributed by atoms with Crippen LogP contribution < -0.4 is 10.6 Å².